The molecule has 2 heteroatoms. The summed E-state index contributed by atoms with van der Waals surface area (Å²) in [6.07, 6.45) is 3.47. The van der Waals surface area contributed by atoms with E-state index in [-0.39, 0.29) is 6.10 Å². The second-order valence-electron chi connectivity index (χ2n) is 3.30. The number of aliphatic hydroxyl groups excluding tert-OH is 1. The molecule has 1 atom stereocenters. The van der Waals surface area contributed by atoms with Crippen molar-refractivity contribution < 1.29 is 5.11 Å². The van der Waals surface area contributed by atoms with Crippen molar-refractivity contribution in [2.24, 2.45) is 0 Å². The minimum atomic E-state index is -0.259. The van der Waals surface area contributed by atoms with E-state index < -0.39 is 0 Å². The van der Waals surface area contributed by atoms with Crippen molar-refractivity contribution in [1.82, 2.24) is 0 Å². The number of hydrogen-bond acceptors (Lipinski definition) is 1. The van der Waals surface area contributed by atoms with Crippen molar-refractivity contribution in [3.8, 4) is 0 Å². The van der Waals surface area contributed by atoms with Gasteiger partial charge in [0, 0.05) is 5.02 Å². The second kappa shape index (κ2) is 3.52. The zero-order valence-corrected chi connectivity index (χ0v) is 7.96. The van der Waals surface area contributed by atoms with Crippen molar-refractivity contribution >= 4 is 17.2 Å². The van der Waals surface area contributed by atoms with Gasteiger partial charge in [-0.2, -0.15) is 0 Å². The SMILES string of the molecule is O[C@H]1C=C(c2ccc(Cl)cc2)CC1. The highest BCUT2D eigenvalue weighted by atomic mass is 35.5. The van der Waals surface area contributed by atoms with E-state index in [1.165, 1.54) is 11.1 Å². The van der Waals surface area contributed by atoms with Gasteiger partial charge in [-0.1, -0.05) is 29.8 Å². The van der Waals surface area contributed by atoms with Gasteiger partial charge in [-0.25, -0.2) is 0 Å². The molecule has 0 bridgehead atoms. The normalized spacial score (nSPS) is 21.7. The third kappa shape index (κ3) is 1.93. The van der Waals surface area contributed by atoms with Crippen LogP contribution in [0.2, 0.25) is 5.02 Å². The maximum atomic E-state index is 9.31. The zero-order chi connectivity index (χ0) is 9.26. The highest BCUT2D eigenvalue weighted by Gasteiger charge is 2.13. The summed E-state index contributed by atoms with van der Waals surface area (Å²) < 4.78 is 0. The van der Waals surface area contributed by atoms with Crippen LogP contribution in [0.5, 0.6) is 0 Å². The fourth-order valence-corrected chi connectivity index (χ4v) is 1.73. The number of allylic oxidation sites excluding steroid dienone is 1. The first-order valence-corrected chi connectivity index (χ1v) is 4.78. The van der Waals surface area contributed by atoms with Crippen LogP contribution in [0.15, 0.2) is 30.3 Å². The Hall–Kier alpha value is -0.790. The third-order valence-electron chi connectivity index (χ3n) is 2.32. The van der Waals surface area contributed by atoms with Crippen molar-refractivity contribution in [3.63, 3.8) is 0 Å². The fourth-order valence-electron chi connectivity index (χ4n) is 1.61. The predicted octanol–water partition coefficient (Wildman–Crippen LogP) is 2.88. The molecule has 1 nitrogen and oxygen atoms in total. The molecule has 0 heterocycles. The Morgan fingerprint density at radius 3 is 2.46 bits per heavy atom. The summed E-state index contributed by atoms with van der Waals surface area (Å²) in [5, 5.41) is 10.1. The molecule has 2 rings (SSSR count). The van der Waals surface area contributed by atoms with Crippen LogP contribution in [0.4, 0.5) is 0 Å². The predicted molar refractivity (Wildman–Crippen MR) is 54.7 cm³/mol. The average Bonchev–Trinajstić information content (AvgIpc) is 2.53. The zero-order valence-electron chi connectivity index (χ0n) is 7.20. The molecule has 1 N–H and O–H groups in total. The second-order valence-corrected chi connectivity index (χ2v) is 3.74. The van der Waals surface area contributed by atoms with E-state index in [0.717, 1.165) is 17.9 Å². The van der Waals surface area contributed by atoms with Crippen molar-refractivity contribution in [3.05, 3.63) is 40.9 Å². The third-order valence-corrected chi connectivity index (χ3v) is 2.57. The molecule has 0 radical (unpaired) electrons. The highest BCUT2D eigenvalue weighted by Crippen LogP contribution is 2.28. The average molecular weight is 195 g/mol. The minimum absolute atomic E-state index is 0.259. The van der Waals surface area contributed by atoms with E-state index in [0.29, 0.717) is 0 Å². The number of benzene rings is 1. The van der Waals surface area contributed by atoms with Gasteiger partial charge in [0.15, 0.2) is 0 Å². The standard InChI is InChI=1S/C11H11ClO/c12-10-4-1-8(2-5-10)9-3-6-11(13)7-9/h1-2,4-5,7,11,13H,3,6H2/t11-/m1/s1. The molecule has 1 aliphatic rings. The Bertz CT molecular complexity index is 326. The molecule has 0 amide bonds. The molecule has 0 aromatic heterocycles. The molecule has 68 valence electrons. The summed E-state index contributed by atoms with van der Waals surface area (Å²) in [4.78, 5) is 0. The van der Waals surface area contributed by atoms with Crippen LogP contribution in [0.25, 0.3) is 5.57 Å². The fraction of sp³-hybridized carbons (Fsp3) is 0.273. The maximum absolute atomic E-state index is 9.31. The first-order valence-electron chi connectivity index (χ1n) is 4.40. The Balaban J connectivity index is 2.26. The minimum Gasteiger partial charge on any atom is -0.389 e. The topological polar surface area (TPSA) is 20.2 Å². The molecule has 13 heavy (non-hydrogen) atoms. The van der Waals surface area contributed by atoms with Crippen molar-refractivity contribution in [2.45, 2.75) is 18.9 Å². The van der Waals surface area contributed by atoms with Gasteiger partial charge in [0.1, 0.15) is 0 Å². The smallest absolute Gasteiger partial charge is 0.0730 e. The summed E-state index contributed by atoms with van der Waals surface area (Å²) in [5.41, 5.74) is 2.39. The molecular formula is C11H11ClO. The Morgan fingerprint density at radius 2 is 1.92 bits per heavy atom. The van der Waals surface area contributed by atoms with Crippen molar-refractivity contribution in [2.75, 3.05) is 0 Å². The van der Waals surface area contributed by atoms with Crippen molar-refractivity contribution in [1.29, 1.82) is 0 Å². The Labute approximate surface area is 82.7 Å². The molecule has 1 aromatic rings. The molecule has 0 aliphatic heterocycles. The lowest BCUT2D eigenvalue weighted by molar-refractivity contribution is 0.223. The summed E-state index contributed by atoms with van der Waals surface area (Å²) in [6.45, 7) is 0. The quantitative estimate of drug-likeness (QED) is 0.729. The van der Waals surface area contributed by atoms with E-state index in [4.69, 9.17) is 11.6 Å². The molecule has 1 aromatic carbocycles. The first kappa shape index (κ1) is 8.79. The van der Waals surface area contributed by atoms with Gasteiger partial charge in [0.05, 0.1) is 6.10 Å². The van der Waals surface area contributed by atoms with Crippen LogP contribution in [-0.2, 0) is 0 Å². The lowest BCUT2D eigenvalue weighted by atomic mass is 10.1. The highest BCUT2D eigenvalue weighted by molar-refractivity contribution is 6.30. The summed E-state index contributed by atoms with van der Waals surface area (Å²) in [6, 6.07) is 7.74. The van der Waals surface area contributed by atoms with Crippen LogP contribution in [0.3, 0.4) is 0 Å². The summed E-state index contributed by atoms with van der Waals surface area (Å²) >= 11 is 5.78. The van der Waals surface area contributed by atoms with E-state index in [9.17, 15) is 5.11 Å². The molecule has 0 fully saturated rings. The van der Waals surface area contributed by atoms with Crippen LogP contribution in [0.1, 0.15) is 18.4 Å². The van der Waals surface area contributed by atoms with Gasteiger partial charge in [0.25, 0.3) is 0 Å². The van der Waals surface area contributed by atoms with E-state index in [1.807, 2.05) is 30.3 Å². The van der Waals surface area contributed by atoms with Gasteiger partial charge in [-0.15, -0.1) is 0 Å². The lowest BCUT2D eigenvalue weighted by Gasteiger charge is -2.00. The van der Waals surface area contributed by atoms with Gasteiger partial charge in [0.2, 0.25) is 0 Å². The number of halogens is 1. The van der Waals surface area contributed by atoms with Gasteiger partial charge in [-0.05, 0) is 36.1 Å². The first-order chi connectivity index (χ1) is 6.25. The number of hydrogen-bond donors (Lipinski definition) is 1. The lowest BCUT2D eigenvalue weighted by Crippen LogP contribution is -1.93. The summed E-state index contributed by atoms with van der Waals surface area (Å²) in [5.74, 6) is 0. The van der Waals surface area contributed by atoms with Gasteiger partial charge >= 0.3 is 0 Å². The van der Waals surface area contributed by atoms with Crippen LogP contribution in [-0.4, -0.2) is 11.2 Å². The maximum Gasteiger partial charge on any atom is 0.0730 e. The number of aliphatic hydroxyl groups is 1. The largest absolute Gasteiger partial charge is 0.389 e. The monoisotopic (exact) mass is 194 g/mol. The summed E-state index contributed by atoms with van der Waals surface area (Å²) in [7, 11) is 0. The Kier molecular flexibility index (Phi) is 2.38. The number of rotatable bonds is 1. The molecule has 0 saturated carbocycles. The molecule has 1 aliphatic carbocycles. The Morgan fingerprint density at radius 1 is 1.23 bits per heavy atom. The molecule has 0 spiro atoms. The molecule has 0 unspecified atom stereocenters. The van der Waals surface area contributed by atoms with Crippen LogP contribution in [0, 0.1) is 0 Å². The van der Waals surface area contributed by atoms with Gasteiger partial charge in [-0.3, -0.25) is 0 Å². The van der Waals surface area contributed by atoms with E-state index in [2.05, 4.69) is 0 Å². The molecular weight excluding hydrogens is 184 g/mol. The van der Waals surface area contributed by atoms with E-state index >= 15 is 0 Å². The van der Waals surface area contributed by atoms with E-state index in [1.54, 1.807) is 0 Å². The van der Waals surface area contributed by atoms with Gasteiger partial charge < -0.3 is 5.11 Å². The molecule has 0 saturated heterocycles. The van der Waals surface area contributed by atoms with Crippen LogP contribution >= 0.6 is 11.6 Å². The van der Waals surface area contributed by atoms with Crippen LogP contribution < -0.4 is 0 Å².